The van der Waals surface area contributed by atoms with E-state index in [1.165, 1.54) is 0 Å². The van der Waals surface area contributed by atoms with Crippen LogP contribution in [-0.2, 0) is 4.74 Å². The van der Waals surface area contributed by atoms with E-state index in [0.717, 1.165) is 5.56 Å². The van der Waals surface area contributed by atoms with Crippen LogP contribution in [0.5, 0.6) is 0 Å². The van der Waals surface area contributed by atoms with Crippen molar-refractivity contribution in [2.75, 3.05) is 13.1 Å². The summed E-state index contributed by atoms with van der Waals surface area (Å²) in [5, 5.41) is 12.9. The van der Waals surface area contributed by atoms with E-state index in [4.69, 9.17) is 10.00 Å². The van der Waals surface area contributed by atoms with E-state index in [2.05, 4.69) is 4.98 Å². The first-order valence-electron chi connectivity index (χ1n) is 6.72. The van der Waals surface area contributed by atoms with Crippen molar-refractivity contribution in [3.8, 4) is 6.07 Å². The highest BCUT2D eigenvalue weighted by atomic mass is 32.1. The van der Waals surface area contributed by atoms with E-state index < -0.39 is 0 Å². The average molecular weight is 301 g/mol. The number of nitriles is 1. The van der Waals surface area contributed by atoms with Gasteiger partial charge in [-0.15, -0.1) is 0 Å². The van der Waals surface area contributed by atoms with Crippen molar-refractivity contribution in [1.82, 2.24) is 9.88 Å². The summed E-state index contributed by atoms with van der Waals surface area (Å²) in [7, 11) is 0. The predicted molar refractivity (Wildman–Crippen MR) is 79.0 cm³/mol. The number of nitrogens with one attached hydrogen (secondary N) is 1. The van der Waals surface area contributed by atoms with Crippen molar-refractivity contribution in [3.05, 3.63) is 45.9 Å². The molecule has 108 valence electrons. The zero-order valence-corrected chi connectivity index (χ0v) is 12.4. The standard InChI is InChI=1S/C15H15N3O2S/c1-10-7-18(8-14(20-10)12-2-3-21-9-12)15(19)13-4-11(5-16)6-17-13/h2-4,6,9-10,14,17H,7-8H2,1H3/t10-,14+/m0/s1. The van der Waals surface area contributed by atoms with E-state index in [9.17, 15) is 4.79 Å². The molecule has 2 aromatic rings. The van der Waals surface area contributed by atoms with Crippen LogP contribution >= 0.6 is 11.3 Å². The number of morpholine rings is 1. The molecule has 1 amide bonds. The lowest BCUT2D eigenvalue weighted by atomic mass is 10.1. The Morgan fingerprint density at radius 1 is 1.57 bits per heavy atom. The van der Waals surface area contributed by atoms with E-state index in [0.29, 0.717) is 24.3 Å². The second-order valence-corrected chi connectivity index (χ2v) is 5.90. The van der Waals surface area contributed by atoms with Gasteiger partial charge in [0.05, 0.1) is 18.2 Å². The number of rotatable bonds is 2. The summed E-state index contributed by atoms with van der Waals surface area (Å²) < 4.78 is 5.92. The summed E-state index contributed by atoms with van der Waals surface area (Å²) in [6, 6.07) is 5.63. The smallest absolute Gasteiger partial charge is 0.270 e. The first-order valence-corrected chi connectivity index (χ1v) is 7.67. The molecule has 21 heavy (non-hydrogen) atoms. The molecule has 1 aliphatic heterocycles. The Labute approximate surface area is 126 Å². The average Bonchev–Trinajstić information content (AvgIpc) is 3.17. The van der Waals surface area contributed by atoms with Gasteiger partial charge in [-0.25, -0.2) is 0 Å². The van der Waals surface area contributed by atoms with Crippen LogP contribution in [0.15, 0.2) is 29.1 Å². The molecule has 0 radical (unpaired) electrons. The van der Waals surface area contributed by atoms with Gasteiger partial charge in [-0.3, -0.25) is 4.79 Å². The predicted octanol–water partition coefficient (Wildman–Crippen LogP) is 2.55. The minimum absolute atomic E-state index is 0.0157. The Balaban J connectivity index is 1.78. The third kappa shape index (κ3) is 2.84. The maximum absolute atomic E-state index is 12.5. The monoisotopic (exact) mass is 301 g/mol. The Hall–Kier alpha value is -2.10. The van der Waals surface area contributed by atoms with E-state index in [1.54, 1.807) is 28.5 Å². The molecule has 0 bridgehead atoms. The Bertz CT molecular complexity index is 671. The normalized spacial score (nSPS) is 22.0. The van der Waals surface area contributed by atoms with Gasteiger partial charge in [0, 0.05) is 12.7 Å². The maximum atomic E-state index is 12.5. The SMILES string of the molecule is C[C@H]1CN(C(=O)c2cc(C#N)c[nH]2)C[C@H](c2ccsc2)O1. The number of amides is 1. The number of carbonyl (C=O) groups is 1. The molecule has 0 aliphatic carbocycles. The number of carbonyl (C=O) groups excluding carboxylic acids is 1. The molecule has 0 aromatic carbocycles. The molecule has 0 unspecified atom stereocenters. The van der Waals surface area contributed by atoms with Gasteiger partial charge in [0.15, 0.2) is 0 Å². The number of ether oxygens (including phenoxy) is 1. The summed E-state index contributed by atoms with van der Waals surface area (Å²) in [5.74, 6) is -0.0909. The molecule has 1 N–H and O–H groups in total. The fourth-order valence-corrected chi connectivity index (χ4v) is 3.21. The first kappa shape index (κ1) is 13.9. The van der Waals surface area contributed by atoms with Gasteiger partial charge in [0.2, 0.25) is 0 Å². The molecule has 6 heteroatoms. The molecule has 2 aromatic heterocycles. The number of hydrogen-bond donors (Lipinski definition) is 1. The maximum Gasteiger partial charge on any atom is 0.270 e. The summed E-state index contributed by atoms with van der Waals surface area (Å²) in [6.07, 6.45) is 1.44. The van der Waals surface area contributed by atoms with Crippen LogP contribution in [0.25, 0.3) is 0 Å². The fourth-order valence-electron chi connectivity index (χ4n) is 2.51. The quantitative estimate of drug-likeness (QED) is 0.926. The van der Waals surface area contributed by atoms with Crippen molar-refractivity contribution < 1.29 is 9.53 Å². The van der Waals surface area contributed by atoms with Crippen LogP contribution in [0.2, 0.25) is 0 Å². The molecule has 1 fully saturated rings. The summed E-state index contributed by atoms with van der Waals surface area (Å²) >= 11 is 1.62. The van der Waals surface area contributed by atoms with Crippen LogP contribution in [0.4, 0.5) is 0 Å². The third-order valence-electron chi connectivity index (χ3n) is 3.50. The van der Waals surface area contributed by atoms with Crippen molar-refractivity contribution in [1.29, 1.82) is 5.26 Å². The first-order chi connectivity index (χ1) is 10.2. The zero-order valence-electron chi connectivity index (χ0n) is 11.6. The molecular formula is C15H15N3O2S. The molecule has 3 rings (SSSR count). The number of aromatic amines is 1. The largest absolute Gasteiger partial charge is 0.367 e. The van der Waals surface area contributed by atoms with E-state index in [1.807, 2.05) is 29.8 Å². The summed E-state index contributed by atoms with van der Waals surface area (Å²) in [4.78, 5) is 17.2. The number of H-pyrrole nitrogens is 1. The molecule has 2 atom stereocenters. The van der Waals surface area contributed by atoms with Gasteiger partial charge in [-0.1, -0.05) is 0 Å². The molecule has 0 saturated carbocycles. The summed E-state index contributed by atoms with van der Waals surface area (Å²) in [5.41, 5.74) is 2.02. The number of nitrogens with zero attached hydrogens (tertiary/aromatic N) is 2. The molecule has 3 heterocycles. The van der Waals surface area contributed by atoms with Crippen molar-refractivity contribution in [2.45, 2.75) is 19.1 Å². The number of hydrogen-bond acceptors (Lipinski definition) is 4. The number of aromatic nitrogens is 1. The van der Waals surface area contributed by atoms with Crippen LogP contribution in [0.3, 0.4) is 0 Å². The molecule has 1 aliphatic rings. The van der Waals surface area contributed by atoms with E-state index in [-0.39, 0.29) is 18.1 Å². The van der Waals surface area contributed by atoms with Crippen LogP contribution in [0.1, 0.15) is 34.6 Å². The highest BCUT2D eigenvalue weighted by Gasteiger charge is 2.30. The second-order valence-electron chi connectivity index (χ2n) is 5.12. The Morgan fingerprint density at radius 2 is 2.43 bits per heavy atom. The molecule has 5 nitrogen and oxygen atoms in total. The van der Waals surface area contributed by atoms with E-state index >= 15 is 0 Å². The van der Waals surface area contributed by atoms with Gasteiger partial charge in [-0.05, 0) is 35.4 Å². The van der Waals surface area contributed by atoms with Crippen LogP contribution in [0, 0.1) is 11.3 Å². The topological polar surface area (TPSA) is 69.1 Å². The van der Waals surface area contributed by atoms with Gasteiger partial charge < -0.3 is 14.6 Å². The highest BCUT2D eigenvalue weighted by molar-refractivity contribution is 7.07. The molecule has 0 spiro atoms. The zero-order chi connectivity index (χ0) is 14.8. The Kier molecular flexibility index (Phi) is 3.78. The van der Waals surface area contributed by atoms with Gasteiger partial charge in [0.1, 0.15) is 17.9 Å². The van der Waals surface area contributed by atoms with Gasteiger partial charge in [0.25, 0.3) is 5.91 Å². The van der Waals surface area contributed by atoms with Crippen molar-refractivity contribution in [3.63, 3.8) is 0 Å². The second kappa shape index (κ2) is 5.72. The van der Waals surface area contributed by atoms with Crippen LogP contribution in [-0.4, -0.2) is 35.0 Å². The minimum atomic E-state index is -0.0909. The lowest BCUT2D eigenvalue weighted by molar-refractivity contribution is -0.0691. The third-order valence-corrected chi connectivity index (χ3v) is 4.21. The molecule has 1 saturated heterocycles. The molecular weight excluding hydrogens is 286 g/mol. The van der Waals surface area contributed by atoms with Gasteiger partial charge in [-0.2, -0.15) is 16.6 Å². The van der Waals surface area contributed by atoms with Crippen molar-refractivity contribution >= 4 is 17.2 Å². The Morgan fingerprint density at radius 3 is 3.10 bits per heavy atom. The van der Waals surface area contributed by atoms with Gasteiger partial charge >= 0.3 is 0 Å². The van der Waals surface area contributed by atoms with Crippen molar-refractivity contribution in [2.24, 2.45) is 0 Å². The lowest BCUT2D eigenvalue weighted by Gasteiger charge is -2.36. The lowest BCUT2D eigenvalue weighted by Crippen LogP contribution is -2.46. The summed E-state index contributed by atoms with van der Waals surface area (Å²) in [6.45, 7) is 3.05. The highest BCUT2D eigenvalue weighted by Crippen LogP contribution is 2.27. The van der Waals surface area contributed by atoms with Crippen LogP contribution < -0.4 is 0 Å². The fraction of sp³-hybridized carbons (Fsp3) is 0.333. The minimum Gasteiger partial charge on any atom is -0.367 e. The number of thiophene rings is 1.